The fourth-order valence-electron chi connectivity index (χ4n) is 3.26. The first-order chi connectivity index (χ1) is 16.8. The monoisotopic (exact) mass is 546 g/mol. The molecule has 0 aromatic heterocycles. The Morgan fingerprint density at radius 3 is 2.49 bits per heavy atom. The van der Waals surface area contributed by atoms with Crippen LogP contribution in [-0.2, 0) is 11.4 Å². The number of carbonyl (C=O) groups excluding carboxylic acids is 1. The first kappa shape index (κ1) is 25.0. The quantitative estimate of drug-likeness (QED) is 0.138. The van der Waals surface area contributed by atoms with E-state index in [1.165, 1.54) is 36.3 Å². The molecule has 1 saturated heterocycles. The molecule has 0 saturated carbocycles. The number of ether oxygens (including phenoxy) is 2. The number of thiocarbonyl (C=S) groups is 1. The third-order valence-electron chi connectivity index (χ3n) is 5.00. The Balaban J connectivity index is 1.56. The second-order valence-corrected chi connectivity index (χ2v) is 9.74. The molecule has 7 nitrogen and oxygen atoms in total. The SMILES string of the molecule is COc1ccc(/C=C2/SC(=S)N(c3ccc([N+](=O)[O-])cc3)C2=O)cc1OCc1ccc(Cl)cc1Cl. The van der Waals surface area contributed by atoms with E-state index in [2.05, 4.69) is 0 Å². The van der Waals surface area contributed by atoms with E-state index in [1.807, 2.05) is 0 Å². The number of halogens is 2. The second-order valence-electron chi connectivity index (χ2n) is 7.23. The van der Waals surface area contributed by atoms with Gasteiger partial charge in [0.25, 0.3) is 11.6 Å². The molecule has 0 aliphatic carbocycles. The highest BCUT2D eigenvalue weighted by Gasteiger charge is 2.33. The van der Waals surface area contributed by atoms with Crippen LogP contribution in [0.25, 0.3) is 6.08 Å². The van der Waals surface area contributed by atoms with Crippen LogP contribution in [-0.4, -0.2) is 22.3 Å². The highest BCUT2D eigenvalue weighted by atomic mass is 35.5. The van der Waals surface area contributed by atoms with Crippen molar-refractivity contribution in [3.8, 4) is 11.5 Å². The lowest BCUT2D eigenvalue weighted by molar-refractivity contribution is -0.384. The number of methoxy groups -OCH3 is 1. The maximum Gasteiger partial charge on any atom is 0.270 e. The van der Waals surface area contributed by atoms with Crippen LogP contribution in [0.15, 0.2) is 65.6 Å². The fraction of sp³-hybridized carbons (Fsp3) is 0.0833. The molecular formula is C24H16Cl2N2O5S2. The number of thioether (sulfide) groups is 1. The van der Waals surface area contributed by atoms with E-state index >= 15 is 0 Å². The van der Waals surface area contributed by atoms with Crippen molar-refractivity contribution in [3.63, 3.8) is 0 Å². The van der Waals surface area contributed by atoms with E-state index in [1.54, 1.807) is 42.5 Å². The van der Waals surface area contributed by atoms with Gasteiger partial charge in [0.2, 0.25) is 0 Å². The van der Waals surface area contributed by atoms with Crippen molar-refractivity contribution in [1.82, 2.24) is 0 Å². The number of nitrogens with zero attached hydrogens (tertiary/aromatic N) is 2. The predicted octanol–water partition coefficient (Wildman–Crippen LogP) is 6.90. The minimum absolute atomic E-state index is 0.0691. The van der Waals surface area contributed by atoms with Crippen molar-refractivity contribution in [3.05, 3.63) is 96.9 Å². The molecule has 0 N–H and O–H groups in total. The molecule has 1 amide bonds. The molecule has 3 aromatic carbocycles. The van der Waals surface area contributed by atoms with Crippen LogP contribution in [0.1, 0.15) is 11.1 Å². The predicted molar refractivity (Wildman–Crippen MR) is 143 cm³/mol. The smallest absolute Gasteiger partial charge is 0.270 e. The third kappa shape index (κ3) is 5.59. The Morgan fingerprint density at radius 1 is 1.09 bits per heavy atom. The third-order valence-corrected chi connectivity index (χ3v) is 6.89. The van der Waals surface area contributed by atoms with Crippen LogP contribution in [0, 0.1) is 10.1 Å². The highest BCUT2D eigenvalue weighted by Crippen LogP contribution is 2.38. The summed E-state index contributed by atoms with van der Waals surface area (Å²) in [5.41, 5.74) is 1.85. The Morgan fingerprint density at radius 2 is 1.83 bits per heavy atom. The largest absolute Gasteiger partial charge is 0.493 e. The molecule has 0 atom stereocenters. The van der Waals surface area contributed by atoms with Gasteiger partial charge in [-0.3, -0.25) is 19.8 Å². The molecule has 0 radical (unpaired) electrons. The number of anilines is 1. The van der Waals surface area contributed by atoms with Gasteiger partial charge in [0.15, 0.2) is 15.8 Å². The zero-order valence-electron chi connectivity index (χ0n) is 18.1. The van der Waals surface area contributed by atoms with Gasteiger partial charge in [0.1, 0.15) is 6.61 Å². The number of hydrogen-bond acceptors (Lipinski definition) is 7. The van der Waals surface area contributed by atoms with Gasteiger partial charge in [0, 0.05) is 27.7 Å². The van der Waals surface area contributed by atoms with Crippen LogP contribution >= 0.6 is 47.2 Å². The van der Waals surface area contributed by atoms with Crippen molar-refractivity contribution in [2.45, 2.75) is 6.61 Å². The summed E-state index contributed by atoms with van der Waals surface area (Å²) in [7, 11) is 1.53. The molecule has 35 heavy (non-hydrogen) atoms. The van der Waals surface area contributed by atoms with Gasteiger partial charge in [-0.05, 0) is 48.0 Å². The highest BCUT2D eigenvalue weighted by molar-refractivity contribution is 8.27. The number of rotatable bonds is 7. The summed E-state index contributed by atoms with van der Waals surface area (Å²) < 4.78 is 11.7. The molecule has 11 heteroatoms. The Kier molecular flexibility index (Phi) is 7.61. The zero-order chi connectivity index (χ0) is 25.1. The lowest BCUT2D eigenvalue weighted by atomic mass is 10.1. The van der Waals surface area contributed by atoms with Gasteiger partial charge < -0.3 is 9.47 Å². The summed E-state index contributed by atoms with van der Waals surface area (Å²) in [4.78, 5) is 25.2. The van der Waals surface area contributed by atoms with Crippen molar-refractivity contribution in [1.29, 1.82) is 0 Å². The number of benzene rings is 3. The molecule has 178 valence electrons. The average Bonchev–Trinajstić information content (AvgIpc) is 3.11. The van der Waals surface area contributed by atoms with Crippen molar-refractivity contribution in [2.24, 2.45) is 0 Å². The molecule has 1 fully saturated rings. The molecule has 1 aliphatic heterocycles. The normalized spacial score (nSPS) is 14.5. The number of non-ortho nitro benzene ring substituents is 1. The molecule has 4 rings (SSSR count). The van der Waals surface area contributed by atoms with Crippen LogP contribution in [0.2, 0.25) is 10.0 Å². The summed E-state index contributed by atoms with van der Waals surface area (Å²) >= 11 is 18.7. The molecule has 3 aromatic rings. The number of nitro benzene ring substituents is 1. The van der Waals surface area contributed by atoms with Crippen LogP contribution in [0.5, 0.6) is 11.5 Å². The van der Waals surface area contributed by atoms with E-state index in [0.717, 1.165) is 17.3 Å². The summed E-state index contributed by atoms with van der Waals surface area (Å²) in [5, 5.41) is 11.9. The second kappa shape index (κ2) is 10.7. The number of nitro groups is 1. The maximum atomic E-state index is 13.1. The number of amides is 1. The van der Waals surface area contributed by atoms with Crippen LogP contribution in [0.3, 0.4) is 0 Å². The first-order valence-electron chi connectivity index (χ1n) is 10.0. The topological polar surface area (TPSA) is 81.9 Å². The van der Waals surface area contributed by atoms with Crippen molar-refractivity contribution in [2.75, 3.05) is 12.0 Å². The maximum absolute atomic E-state index is 13.1. The lowest BCUT2D eigenvalue weighted by Gasteiger charge is -2.14. The summed E-state index contributed by atoms with van der Waals surface area (Å²) in [5.74, 6) is 0.670. The van der Waals surface area contributed by atoms with E-state index in [4.69, 9.17) is 44.9 Å². The van der Waals surface area contributed by atoms with Gasteiger partial charge >= 0.3 is 0 Å². The first-order valence-corrected chi connectivity index (χ1v) is 12.0. The van der Waals surface area contributed by atoms with Crippen LogP contribution < -0.4 is 14.4 Å². The van der Waals surface area contributed by atoms with Gasteiger partial charge in [-0.15, -0.1) is 0 Å². The molecule has 0 unspecified atom stereocenters. The Bertz CT molecular complexity index is 1360. The molecule has 1 aliphatic rings. The fourth-order valence-corrected chi connectivity index (χ4v) is 5.02. The summed E-state index contributed by atoms with van der Waals surface area (Å²) in [6, 6.07) is 16.1. The molecule has 0 spiro atoms. The van der Waals surface area contributed by atoms with Gasteiger partial charge in [0.05, 0.1) is 22.6 Å². The van der Waals surface area contributed by atoms with E-state index in [9.17, 15) is 14.9 Å². The summed E-state index contributed by atoms with van der Waals surface area (Å²) in [6.07, 6.45) is 1.70. The van der Waals surface area contributed by atoms with Crippen molar-refractivity contribution >= 4 is 74.9 Å². The minimum atomic E-state index is -0.502. The van der Waals surface area contributed by atoms with Crippen molar-refractivity contribution < 1.29 is 19.2 Å². The number of hydrogen-bond donors (Lipinski definition) is 0. The molecule has 1 heterocycles. The van der Waals surface area contributed by atoms with E-state index in [0.29, 0.717) is 42.0 Å². The molecular weight excluding hydrogens is 531 g/mol. The van der Waals surface area contributed by atoms with Gasteiger partial charge in [-0.1, -0.05) is 59.3 Å². The van der Waals surface area contributed by atoms with Gasteiger partial charge in [-0.2, -0.15) is 0 Å². The van der Waals surface area contributed by atoms with E-state index in [-0.39, 0.29) is 18.2 Å². The zero-order valence-corrected chi connectivity index (χ0v) is 21.2. The number of carbonyl (C=O) groups is 1. The Hall–Kier alpha value is -3.11. The Labute approximate surface area is 220 Å². The van der Waals surface area contributed by atoms with Gasteiger partial charge in [-0.25, -0.2) is 0 Å². The van der Waals surface area contributed by atoms with E-state index < -0.39 is 4.92 Å². The average molecular weight is 547 g/mol. The standard InChI is InChI=1S/C24H16Cl2N2O5S2/c1-32-20-9-2-14(10-21(20)33-13-15-3-4-16(25)12-19(15)26)11-22-23(29)27(24(34)35-22)17-5-7-18(8-6-17)28(30)31/h2-12H,13H2,1H3/b22-11+. The lowest BCUT2D eigenvalue weighted by Crippen LogP contribution is -2.27. The summed E-state index contributed by atoms with van der Waals surface area (Å²) in [6.45, 7) is 0.193. The molecule has 0 bridgehead atoms. The minimum Gasteiger partial charge on any atom is -0.493 e. The van der Waals surface area contributed by atoms with Crippen LogP contribution in [0.4, 0.5) is 11.4 Å².